The van der Waals surface area contributed by atoms with Crippen molar-refractivity contribution in [3.63, 3.8) is 0 Å². The van der Waals surface area contributed by atoms with Crippen molar-refractivity contribution >= 4 is 17.4 Å². The zero-order valence-electron chi connectivity index (χ0n) is 10.7. The van der Waals surface area contributed by atoms with Crippen molar-refractivity contribution in [1.29, 1.82) is 0 Å². The maximum absolute atomic E-state index is 12.0. The van der Waals surface area contributed by atoms with Crippen molar-refractivity contribution in [3.05, 3.63) is 17.8 Å². The standard InChI is InChI=1S/C12H19N3O2/c1-5-12(3,17-4)11(16)15-10-8(2)6-9(13)7-14-10/h6-7H,5,13H2,1-4H3,(H,14,15,16). The number of aryl methyl sites for hydroxylation is 1. The fourth-order valence-electron chi connectivity index (χ4n) is 1.36. The average Bonchev–Trinajstić information content (AvgIpc) is 2.31. The number of aromatic nitrogens is 1. The largest absolute Gasteiger partial charge is 0.397 e. The molecule has 0 aliphatic heterocycles. The summed E-state index contributed by atoms with van der Waals surface area (Å²) in [6.07, 6.45) is 2.10. The predicted octanol–water partition coefficient (Wildman–Crippen LogP) is 1.73. The Labute approximate surface area is 101 Å². The van der Waals surface area contributed by atoms with Gasteiger partial charge in [-0.05, 0) is 31.9 Å². The van der Waals surface area contributed by atoms with Crippen LogP contribution in [-0.4, -0.2) is 23.6 Å². The van der Waals surface area contributed by atoms with Crippen LogP contribution in [0.4, 0.5) is 11.5 Å². The lowest BCUT2D eigenvalue weighted by molar-refractivity contribution is -0.136. The Morgan fingerprint density at radius 2 is 2.29 bits per heavy atom. The number of nitrogen functional groups attached to an aromatic ring is 1. The van der Waals surface area contributed by atoms with E-state index in [1.807, 2.05) is 13.8 Å². The SMILES string of the molecule is CCC(C)(OC)C(=O)Nc1ncc(N)cc1C. The number of pyridine rings is 1. The molecule has 1 atom stereocenters. The minimum Gasteiger partial charge on any atom is -0.397 e. The first-order chi connectivity index (χ1) is 7.92. The molecule has 94 valence electrons. The number of rotatable bonds is 4. The summed E-state index contributed by atoms with van der Waals surface area (Å²) in [4.78, 5) is 16.1. The molecule has 1 aromatic heterocycles. The fraction of sp³-hybridized carbons (Fsp3) is 0.500. The third kappa shape index (κ3) is 2.94. The van der Waals surface area contributed by atoms with Gasteiger partial charge in [-0.15, -0.1) is 0 Å². The lowest BCUT2D eigenvalue weighted by Gasteiger charge is -2.25. The summed E-state index contributed by atoms with van der Waals surface area (Å²) in [6.45, 7) is 5.48. The number of hydrogen-bond donors (Lipinski definition) is 2. The second-order valence-corrected chi connectivity index (χ2v) is 4.18. The third-order valence-corrected chi connectivity index (χ3v) is 2.94. The van der Waals surface area contributed by atoms with Gasteiger partial charge in [-0.2, -0.15) is 0 Å². The Balaban J connectivity index is 2.88. The molecule has 1 rings (SSSR count). The molecule has 0 fully saturated rings. The summed E-state index contributed by atoms with van der Waals surface area (Å²) < 4.78 is 5.22. The molecular weight excluding hydrogens is 218 g/mol. The Morgan fingerprint density at radius 3 is 2.76 bits per heavy atom. The highest BCUT2D eigenvalue weighted by Gasteiger charge is 2.31. The van der Waals surface area contributed by atoms with Crippen molar-refractivity contribution in [2.45, 2.75) is 32.8 Å². The first-order valence-electron chi connectivity index (χ1n) is 5.51. The van der Waals surface area contributed by atoms with Crippen LogP contribution in [-0.2, 0) is 9.53 Å². The Bertz CT molecular complexity index is 414. The monoisotopic (exact) mass is 237 g/mol. The molecule has 0 radical (unpaired) electrons. The van der Waals surface area contributed by atoms with Gasteiger partial charge in [0.2, 0.25) is 0 Å². The predicted molar refractivity (Wildman–Crippen MR) is 67.7 cm³/mol. The number of anilines is 2. The molecule has 1 amide bonds. The van der Waals surface area contributed by atoms with E-state index in [1.54, 1.807) is 13.0 Å². The van der Waals surface area contributed by atoms with Gasteiger partial charge in [0.15, 0.2) is 0 Å². The highest BCUT2D eigenvalue weighted by Crippen LogP contribution is 2.19. The van der Waals surface area contributed by atoms with E-state index >= 15 is 0 Å². The quantitative estimate of drug-likeness (QED) is 0.836. The molecule has 5 nitrogen and oxygen atoms in total. The van der Waals surface area contributed by atoms with Gasteiger partial charge in [0.1, 0.15) is 11.4 Å². The summed E-state index contributed by atoms with van der Waals surface area (Å²) in [5, 5.41) is 2.75. The van der Waals surface area contributed by atoms with Crippen molar-refractivity contribution in [2.24, 2.45) is 0 Å². The van der Waals surface area contributed by atoms with Crippen LogP contribution in [0.25, 0.3) is 0 Å². The molecule has 0 saturated carbocycles. The third-order valence-electron chi connectivity index (χ3n) is 2.94. The second-order valence-electron chi connectivity index (χ2n) is 4.18. The van der Waals surface area contributed by atoms with Crippen molar-refractivity contribution < 1.29 is 9.53 Å². The van der Waals surface area contributed by atoms with Crippen LogP contribution in [0.1, 0.15) is 25.8 Å². The molecule has 17 heavy (non-hydrogen) atoms. The maximum atomic E-state index is 12.0. The molecule has 5 heteroatoms. The van der Waals surface area contributed by atoms with Crippen LogP contribution < -0.4 is 11.1 Å². The molecule has 0 saturated heterocycles. The van der Waals surface area contributed by atoms with Crippen molar-refractivity contribution in [1.82, 2.24) is 4.98 Å². The number of carbonyl (C=O) groups is 1. The minimum absolute atomic E-state index is 0.206. The summed E-state index contributed by atoms with van der Waals surface area (Å²) in [7, 11) is 1.52. The number of amides is 1. The topological polar surface area (TPSA) is 77.2 Å². The van der Waals surface area contributed by atoms with E-state index in [4.69, 9.17) is 10.5 Å². The molecule has 0 bridgehead atoms. The summed E-state index contributed by atoms with van der Waals surface area (Å²) in [5.41, 5.74) is 6.16. The molecule has 0 aromatic carbocycles. The number of hydrogen-bond acceptors (Lipinski definition) is 4. The highest BCUT2D eigenvalue weighted by molar-refractivity contribution is 5.96. The fourth-order valence-corrected chi connectivity index (χ4v) is 1.36. The van der Waals surface area contributed by atoms with E-state index in [0.717, 1.165) is 5.56 Å². The Kier molecular flexibility index (Phi) is 4.07. The van der Waals surface area contributed by atoms with E-state index in [0.29, 0.717) is 17.9 Å². The number of nitrogens with one attached hydrogen (secondary N) is 1. The summed E-state index contributed by atoms with van der Waals surface area (Å²) in [6, 6.07) is 1.76. The van der Waals surface area contributed by atoms with Crippen molar-refractivity contribution in [2.75, 3.05) is 18.2 Å². The van der Waals surface area contributed by atoms with Crippen LogP contribution in [0, 0.1) is 6.92 Å². The lowest BCUT2D eigenvalue weighted by Crippen LogP contribution is -2.41. The minimum atomic E-state index is -0.838. The molecule has 1 aromatic rings. The van der Waals surface area contributed by atoms with Crippen LogP contribution >= 0.6 is 0 Å². The van der Waals surface area contributed by atoms with Crippen LogP contribution in [0.3, 0.4) is 0 Å². The summed E-state index contributed by atoms with van der Waals surface area (Å²) in [5.74, 6) is 0.309. The molecule has 1 unspecified atom stereocenters. The van der Waals surface area contributed by atoms with E-state index < -0.39 is 5.60 Å². The Hall–Kier alpha value is -1.62. The lowest BCUT2D eigenvalue weighted by atomic mass is 10.0. The molecule has 0 aliphatic rings. The van der Waals surface area contributed by atoms with Gasteiger partial charge in [0.25, 0.3) is 5.91 Å². The van der Waals surface area contributed by atoms with Crippen LogP contribution in [0.15, 0.2) is 12.3 Å². The van der Waals surface area contributed by atoms with Crippen LogP contribution in [0.2, 0.25) is 0 Å². The van der Waals surface area contributed by atoms with E-state index in [-0.39, 0.29) is 5.91 Å². The van der Waals surface area contributed by atoms with E-state index in [1.165, 1.54) is 13.3 Å². The molecule has 0 aliphatic carbocycles. The van der Waals surface area contributed by atoms with Crippen molar-refractivity contribution in [3.8, 4) is 0 Å². The van der Waals surface area contributed by atoms with Gasteiger partial charge < -0.3 is 15.8 Å². The van der Waals surface area contributed by atoms with Crippen LogP contribution in [0.5, 0.6) is 0 Å². The second kappa shape index (κ2) is 5.14. The van der Waals surface area contributed by atoms with Gasteiger partial charge in [-0.1, -0.05) is 6.92 Å². The molecule has 3 N–H and O–H groups in total. The number of carbonyl (C=O) groups excluding carboxylic acids is 1. The number of methoxy groups -OCH3 is 1. The molecule has 1 heterocycles. The average molecular weight is 237 g/mol. The van der Waals surface area contributed by atoms with E-state index in [9.17, 15) is 4.79 Å². The zero-order valence-corrected chi connectivity index (χ0v) is 10.7. The zero-order chi connectivity index (χ0) is 13.1. The number of ether oxygens (including phenoxy) is 1. The van der Waals surface area contributed by atoms with E-state index in [2.05, 4.69) is 10.3 Å². The van der Waals surface area contributed by atoms with Gasteiger partial charge in [-0.3, -0.25) is 4.79 Å². The highest BCUT2D eigenvalue weighted by atomic mass is 16.5. The first-order valence-corrected chi connectivity index (χ1v) is 5.51. The van der Waals surface area contributed by atoms with Gasteiger partial charge >= 0.3 is 0 Å². The number of nitrogens with two attached hydrogens (primary N) is 1. The smallest absolute Gasteiger partial charge is 0.257 e. The Morgan fingerprint density at radius 1 is 1.65 bits per heavy atom. The van der Waals surface area contributed by atoms with Gasteiger partial charge in [0, 0.05) is 7.11 Å². The summed E-state index contributed by atoms with van der Waals surface area (Å²) >= 11 is 0. The maximum Gasteiger partial charge on any atom is 0.257 e. The first kappa shape index (κ1) is 13.4. The molecule has 0 spiro atoms. The van der Waals surface area contributed by atoms with Gasteiger partial charge in [-0.25, -0.2) is 4.98 Å². The van der Waals surface area contributed by atoms with Gasteiger partial charge in [0.05, 0.1) is 11.9 Å². The normalized spacial score (nSPS) is 14.1. The number of nitrogens with zero attached hydrogens (tertiary/aromatic N) is 1. The molecular formula is C12H19N3O2.